The number of likely N-dealkylation sites (tertiary alicyclic amines) is 1. The minimum absolute atomic E-state index is 0.0331. The molecule has 2 heterocycles. The predicted molar refractivity (Wildman–Crippen MR) is 81.3 cm³/mol. The molecule has 110 valence electrons. The molecule has 21 heavy (non-hydrogen) atoms. The van der Waals surface area contributed by atoms with E-state index in [2.05, 4.69) is 12.0 Å². The number of para-hydroxylation sites is 1. The fourth-order valence-electron chi connectivity index (χ4n) is 2.83. The molecule has 0 spiro atoms. The Hall–Kier alpha value is -2.17. The van der Waals surface area contributed by atoms with E-state index in [-0.39, 0.29) is 17.0 Å². The summed E-state index contributed by atoms with van der Waals surface area (Å²) in [7, 11) is 1.76. The van der Waals surface area contributed by atoms with Crippen molar-refractivity contribution in [1.82, 2.24) is 14.7 Å². The number of rotatable bonds is 1. The van der Waals surface area contributed by atoms with E-state index in [1.54, 1.807) is 28.8 Å². The standard InChI is InChI=1S/C16H19N3O2/c1-11-7-9-19(10-8-11)16(21)14-15(20)12-5-3-4-6-13(12)18(2)17-14/h3-6,11H,7-10H2,1-2H3. The number of fused-ring (bicyclic) bond motifs is 1. The summed E-state index contributed by atoms with van der Waals surface area (Å²) >= 11 is 0. The smallest absolute Gasteiger partial charge is 0.278 e. The van der Waals surface area contributed by atoms with Crippen LogP contribution in [0.5, 0.6) is 0 Å². The molecule has 0 bridgehead atoms. The fourth-order valence-corrected chi connectivity index (χ4v) is 2.83. The van der Waals surface area contributed by atoms with E-state index in [4.69, 9.17) is 0 Å². The maximum absolute atomic E-state index is 12.6. The number of amides is 1. The number of hydrogen-bond acceptors (Lipinski definition) is 3. The molecule has 0 unspecified atom stereocenters. The lowest BCUT2D eigenvalue weighted by atomic mass is 9.99. The lowest BCUT2D eigenvalue weighted by molar-refractivity contribution is 0.0688. The summed E-state index contributed by atoms with van der Waals surface area (Å²) in [6, 6.07) is 7.24. The van der Waals surface area contributed by atoms with Gasteiger partial charge in [0.25, 0.3) is 5.91 Å². The van der Waals surface area contributed by atoms with Gasteiger partial charge in [-0.15, -0.1) is 0 Å². The van der Waals surface area contributed by atoms with Crippen molar-refractivity contribution in [2.45, 2.75) is 19.8 Å². The molecule has 0 N–H and O–H groups in total. The van der Waals surface area contributed by atoms with Gasteiger partial charge >= 0.3 is 0 Å². The van der Waals surface area contributed by atoms with Crippen molar-refractivity contribution in [2.24, 2.45) is 13.0 Å². The van der Waals surface area contributed by atoms with Crippen LogP contribution < -0.4 is 5.43 Å². The van der Waals surface area contributed by atoms with Crippen LogP contribution in [0.3, 0.4) is 0 Å². The maximum Gasteiger partial charge on any atom is 0.278 e. The average molecular weight is 285 g/mol. The molecule has 1 aromatic carbocycles. The molecule has 1 aromatic heterocycles. The van der Waals surface area contributed by atoms with Crippen LogP contribution in [-0.4, -0.2) is 33.7 Å². The molecular weight excluding hydrogens is 266 g/mol. The Labute approximate surface area is 123 Å². The first-order valence-corrected chi connectivity index (χ1v) is 7.33. The average Bonchev–Trinajstić information content (AvgIpc) is 2.51. The fraction of sp³-hybridized carbons (Fsp3) is 0.438. The molecule has 1 saturated heterocycles. The van der Waals surface area contributed by atoms with Gasteiger partial charge < -0.3 is 4.90 Å². The molecule has 1 aliphatic rings. The monoisotopic (exact) mass is 285 g/mol. The lowest BCUT2D eigenvalue weighted by Crippen LogP contribution is -2.41. The summed E-state index contributed by atoms with van der Waals surface area (Å²) < 4.78 is 1.61. The zero-order valence-electron chi connectivity index (χ0n) is 12.4. The van der Waals surface area contributed by atoms with Gasteiger partial charge in [0.2, 0.25) is 5.43 Å². The number of hydrogen-bond donors (Lipinski definition) is 0. The highest BCUT2D eigenvalue weighted by Gasteiger charge is 2.25. The second-order valence-corrected chi connectivity index (χ2v) is 5.79. The van der Waals surface area contributed by atoms with Crippen LogP contribution in [0.2, 0.25) is 0 Å². The third kappa shape index (κ3) is 2.44. The second kappa shape index (κ2) is 5.31. The van der Waals surface area contributed by atoms with E-state index in [0.29, 0.717) is 24.4 Å². The lowest BCUT2D eigenvalue weighted by Gasteiger charge is -2.29. The highest BCUT2D eigenvalue weighted by atomic mass is 16.2. The molecule has 0 saturated carbocycles. The second-order valence-electron chi connectivity index (χ2n) is 5.79. The SMILES string of the molecule is CC1CCN(C(=O)c2nn(C)c3ccccc3c2=O)CC1. The van der Waals surface area contributed by atoms with Crippen molar-refractivity contribution in [2.75, 3.05) is 13.1 Å². The van der Waals surface area contributed by atoms with E-state index in [0.717, 1.165) is 18.4 Å². The Morgan fingerprint density at radius 3 is 2.62 bits per heavy atom. The van der Waals surface area contributed by atoms with E-state index < -0.39 is 0 Å². The summed E-state index contributed by atoms with van der Waals surface area (Å²) in [6.07, 6.45) is 1.97. The molecule has 0 aliphatic carbocycles. The Balaban J connectivity index is 2.03. The number of piperidine rings is 1. The van der Waals surface area contributed by atoms with E-state index in [1.807, 2.05) is 12.1 Å². The van der Waals surface area contributed by atoms with Crippen LogP contribution in [0.4, 0.5) is 0 Å². The molecular formula is C16H19N3O2. The Kier molecular flexibility index (Phi) is 3.49. The summed E-state index contributed by atoms with van der Waals surface area (Å²) in [6.45, 7) is 3.60. The summed E-state index contributed by atoms with van der Waals surface area (Å²) in [5.74, 6) is 0.398. The van der Waals surface area contributed by atoms with Crippen LogP contribution in [0, 0.1) is 5.92 Å². The van der Waals surface area contributed by atoms with Gasteiger partial charge in [-0.3, -0.25) is 14.3 Å². The molecule has 1 fully saturated rings. The molecule has 1 aliphatic heterocycles. The van der Waals surface area contributed by atoms with Crippen molar-refractivity contribution in [1.29, 1.82) is 0 Å². The van der Waals surface area contributed by atoms with Crippen molar-refractivity contribution >= 4 is 16.8 Å². The molecule has 3 rings (SSSR count). The minimum atomic E-state index is -0.271. The molecule has 5 nitrogen and oxygen atoms in total. The van der Waals surface area contributed by atoms with Crippen LogP contribution in [0.15, 0.2) is 29.1 Å². The number of aromatic nitrogens is 2. The largest absolute Gasteiger partial charge is 0.337 e. The zero-order valence-corrected chi connectivity index (χ0v) is 12.4. The number of carbonyl (C=O) groups is 1. The van der Waals surface area contributed by atoms with Crippen molar-refractivity contribution in [3.8, 4) is 0 Å². The summed E-state index contributed by atoms with van der Waals surface area (Å²) in [4.78, 5) is 26.8. The van der Waals surface area contributed by atoms with Gasteiger partial charge in [0.1, 0.15) is 0 Å². The van der Waals surface area contributed by atoms with Gasteiger partial charge in [-0.2, -0.15) is 5.10 Å². The third-order valence-electron chi connectivity index (χ3n) is 4.24. The highest BCUT2D eigenvalue weighted by Crippen LogP contribution is 2.17. The highest BCUT2D eigenvalue weighted by molar-refractivity contribution is 5.95. The predicted octanol–water partition coefficient (Wildman–Crippen LogP) is 1.81. The maximum atomic E-state index is 12.6. The quantitative estimate of drug-likeness (QED) is 0.803. The van der Waals surface area contributed by atoms with E-state index in [9.17, 15) is 9.59 Å². The molecule has 1 amide bonds. The number of aryl methyl sites for hydroxylation is 1. The number of carbonyl (C=O) groups excluding carboxylic acids is 1. The Morgan fingerprint density at radius 2 is 1.90 bits per heavy atom. The van der Waals surface area contributed by atoms with Crippen LogP contribution >= 0.6 is 0 Å². The summed E-state index contributed by atoms with van der Waals surface area (Å²) in [5.41, 5.74) is 0.504. The van der Waals surface area contributed by atoms with Crippen LogP contribution in [0.1, 0.15) is 30.3 Å². The van der Waals surface area contributed by atoms with E-state index >= 15 is 0 Å². The topological polar surface area (TPSA) is 55.2 Å². The first kappa shape index (κ1) is 13.8. The minimum Gasteiger partial charge on any atom is -0.337 e. The van der Waals surface area contributed by atoms with Gasteiger partial charge in [-0.25, -0.2) is 0 Å². The van der Waals surface area contributed by atoms with Gasteiger partial charge in [-0.1, -0.05) is 19.1 Å². The van der Waals surface area contributed by atoms with Gasteiger partial charge in [-0.05, 0) is 30.9 Å². The van der Waals surface area contributed by atoms with Crippen LogP contribution in [0.25, 0.3) is 10.9 Å². The number of nitrogens with zero attached hydrogens (tertiary/aromatic N) is 3. The Bertz CT molecular complexity index is 743. The van der Waals surface area contributed by atoms with Crippen LogP contribution in [-0.2, 0) is 7.05 Å². The first-order chi connectivity index (χ1) is 10.1. The van der Waals surface area contributed by atoms with Gasteiger partial charge in [0, 0.05) is 25.5 Å². The zero-order chi connectivity index (χ0) is 15.0. The van der Waals surface area contributed by atoms with Crippen molar-refractivity contribution in [3.63, 3.8) is 0 Å². The van der Waals surface area contributed by atoms with E-state index in [1.165, 1.54) is 0 Å². The van der Waals surface area contributed by atoms with Gasteiger partial charge in [0.05, 0.1) is 5.52 Å². The first-order valence-electron chi connectivity index (χ1n) is 7.33. The molecule has 0 radical (unpaired) electrons. The normalized spacial score (nSPS) is 16.4. The van der Waals surface area contributed by atoms with Crippen molar-refractivity contribution < 1.29 is 4.79 Å². The Morgan fingerprint density at radius 1 is 1.24 bits per heavy atom. The van der Waals surface area contributed by atoms with Gasteiger partial charge in [0.15, 0.2) is 5.69 Å². The summed E-state index contributed by atoms with van der Waals surface area (Å²) in [5, 5.41) is 4.75. The molecule has 0 atom stereocenters. The molecule has 5 heteroatoms. The third-order valence-corrected chi connectivity index (χ3v) is 4.24. The molecule has 2 aromatic rings. The van der Waals surface area contributed by atoms with Crippen molar-refractivity contribution in [3.05, 3.63) is 40.2 Å². The number of benzene rings is 1.